The summed E-state index contributed by atoms with van der Waals surface area (Å²) in [4.78, 5) is 41.2. The first kappa shape index (κ1) is 25.8. The molecule has 1 aromatic heterocycles. The van der Waals surface area contributed by atoms with Crippen molar-refractivity contribution in [3.63, 3.8) is 0 Å². The topological polar surface area (TPSA) is 108 Å². The van der Waals surface area contributed by atoms with E-state index in [1.807, 2.05) is 32.0 Å². The summed E-state index contributed by atoms with van der Waals surface area (Å²) in [5.41, 5.74) is 3.77. The van der Waals surface area contributed by atoms with E-state index in [2.05, 4.69) is 10.4 Å². The second-order valence-electron chi connectivity index (χ2n) is 11.8. The van der Waals surface area contributed by atoms with Gasteiger partial charge in [0, 0.05) is 56.3 Å². The number of likely N-dealkylation sites (tertiary alicyclic amines) is 2. The number of carbonyl (C=O) groups is 3. The fourth-order valence-electron chi connectivity index (χ4n) is 6.88. The fourth-order valence-corrected chi connectivity index (χ4v) is 6.88. The Morgan fingerprint density at radius 2 is 1.82 bits per heavy atom. The van der Waals surface area contributed by atoms with Crippen LogP contribution >= 0.6 is 0 Å². The van der Waals surface area contributed by atoms with Crippen LogP contribution < -0.4 is 5.32 Å². The zero-order valence-corrected chi connectivity index (χ0v) is 22.6. The van der Waals surface area contributed by atoms with Crippen LogP contribution in [0.5, 0.6) is 0 Å². The minimum Gasteiger partial charge on any atom is -0.465 e. The van der Waals surface area contributed by atoms with Crippen molar-refractivity contribution in [1.29, 1.82) is 0 Å². The average Bonchev–Trinajstić information content (AvgIpc) is 3.44. The maximum Gasteiger partial charge on any atom is 0.404 e. The Morgan fingerprint density at radius 3 is 2.51 bits per heavy atom. The summed E-state index contributed by atoms with van der Waals surface area (Å²) < 4.78 is 17.7. The molecular weight excluding hydrogens is 501 g/mol. The van der Waals surface area contributed by atoms with Crippen molar-refractivity contribution >= 4 is 17.9 Å². The second-order valence-corrected chi connectivity index (χ2v) is 11.8. The Balaban J connectivity index is 1.13. The quantitative estimate of drug-likeness (QED) is 0.607. The third-order valence-corrected chi connectivity index (χ3v) is 9.44. The van der Waals surface area contributed by atoms with E-state index >= 15 is 4.39 Å². The number of nitrogens with zero attached hydrogens (tertiary/aromatic N) is 4. The number of amides is 3. The number of aromatic nitrogens is 2. The highest BCUT2D eigenvalue weighted by atomic mass is 19.1. The van der Waals surface area contributed by atoms with E-state index in [1.165, 1.54) is 0 Å². The Bertz CT molecular complexity index is 1320. The number of alkyl halides is 1. The van der Waals surface area contributed by atoms with E-state index in [1.54, 1.807) is 14.5 Å². The lowest BCUT2D eigenvalue weighted by atomic mass is 9.82. The van der Waals surface area contributed by atoms with Gasteiger partial charge in [-0.3, -0.25) is 14.3 Å². The summed E-state index contributed by atoms with van der Waals surface area (Å²) in [5, 5.41) is 16.2. The lowest BCUT2D eigenvalue weighted by Gasteiger charge is -2.37. The third-order valence-electron chi connectivity index (χ3n) is 9.44. The predicted octanol–water partition coefficient (Wildman–Crippen LogP) is 3.52. The van der Waals surface area contributed by atoms with Gasteiger partial charge < -0.3 is 20.2 Å². The third kappa shape index (κ3) is 4.67. The molecule has 3 fully saturated rings. The molecule has 208 valence electrons. The minimum atomic E-state index is -1.44. The SMILES string of the molecule is Cc1cccc(C2(F)CCN(C(=O)Cn3nc(C(=O)N4CCC(NC(=O)O)CC4)c4c3C[C@H]3C[C@@H]43)CC2)c1C. The lowest BCUT2D eigenvalue weighted by molar-refractivity contribution is -0.134. The molecule has 2 aliphatic carbocycles. The smallest absolute Gasteiger partial charge is 0.404 e. The van der Waals surface area contributed by atoms with Crippen molar-refractivity contribution in [3.8, 4) is 0 Å². The highest BCUT2D eigenvalue weighted by Crippen LogP contribution is 2.57. The first-order valence-corrected chi connectivity index (χ1v) is 14.1. The minimum absolute atomic E-state index is 0.0580. The summed E-state index contributed by atoms with van der Waals surface area (Å²) in [6.45, 7) is 5.65. The standard InChI is InChI=1S/C29H36FN5O4/c1-17-4-3-5-22(18(17)2)29(30)8-12-33(13-9-29)24(36)16-35-23-15-19-14-21(19)25(23)26(32-35)27(37)34-10-6-20(7-11-34)31-28(38)39/h3-5,19-21,31H,6-16H2,1-2H3,(H,38,39)/t19-,21-/m1/s1. The van der Waals surface area contributed by atoms with Gasteiger partial charge in [-0.2, -0.15) is 5.10 Å². The molecule has 2 N–H and O–H groups in total. The molecule has 2 atom stereocenters. The number of carbonyl (C=O) groups excluding carboxylic acids is 2. The van der Waals surface area contributed by atoms with E-state index < -0.39 is 11.8 Å². The molecule has 0 radical (unpaired) electrons. The van der Waals surface area contributed by atoms with Gasteiger partial charge >= 0.3 is 6.09 Å². The number of carboxylic acid groups (broad SMARTS) is 1. The first-order valence-electron chi connectivity index (χ1n) is 14.1. The molecule has 9 nitrogen and oxygen atoms in total. The van der Waals surface area contributed by atoms with E-state index in [0.29, 0.717) is 56.6 Å². The van der Waals surface area contributed by atoms with Crippen molar-refractivity contribution in [2.45, 2.75) is 76.5 Å². The van der Waals surface area contributed by atoms with E-state index in [9.17, 15) is 14.4 Å². The number of piperidine rings is 2. The van der Waals surface area contributed by atoms with Crippen molar-refractivity contribution in [2.75, 3.05) is 26.2 Å². The van der Waals surface area contributed by atoms with E-state index in [4.69, 9.17) is 5.11 Å². The van der Waals surface area contributed by atoms with Crippen LogP contribution in [0.2, 0.25) is 0 Å². The first-order chi connectivity index (χ1) is 18.6. The van der Waals surface area contributed by atoms with Crippen molar-refractivity contribution in [1.82, 2.24) is 24.9 Å². The summed E-state index contributed by atoms with van der Waals surface area (Å²) in [6, 6.07) is 5.60. The molecule has 39 heavy (non-hydrogen) atoms. The van der Waals surface area contributed by atoms with Gasteiger partial charge in [0.1, 0.15) is 12.2 Å². The van der Waals surface area contributed by atoms with Crippen LogP contribution in [0.1, 0.15) is 76.5 Å². The Hall–Kier alpha value is -3.43. The average molecular weight is 538 g/mol. The molecule has 3 heterocycles. The van der Waals surface area contributed by atoms with E-state index in [-0.39, 0.29) is 37.2 Å². The largest absolute Gasteiger partial charge is 0.465 e. The number of nitrogens with one attached hydrogen (secondary N) is 1. The van der Waals surface area contributed by atoms with E-state index in [0.717, 1.165) is 40.8 Å². The van der Waals surface area contributed by atoms with Crippen molar-refractivity contribution in [2.24, 2.45) is 5.92 Å². The summed E-state index contributed by atoms with van der Waals surface area (Å²) in [7, 11) is 0. The molecule has 0 spiro atoms. The van der Waals surface area contributed by atoms with Crippen molar-refractivity contribution < 1.29 is 23.9 Å². The van der Waals surface area contributed by atoms with Crippen LogP contribution in [0.3, 0.4) is 0 Å². The molecule has 6 rings (SSSR count). The van der Waals surface area contributed by atoms with Crippen LogP contribution in [0.4, 0.5) is 9.18 Å². The lowest BCUT2D eigenvalue weighted by Crippen LogP contribution is -2.46. The van der Waals surface area contributed by atoms with Gasteiger partial charge in [0.15, 0.2) is 5.69 Å². The van der Waals surface area contributed by atoms with Crippen LogP contribution in [0.15, 0.2) is 18.2 Å². The van der Waals surface area contributed by atoms with Crippen molar-refractivity contribution in [3.05, 3.63) is 51.8 Å². The van der Waals surface area contributed by atoms with Crippen LogP contribution in [-0.2, 0) is 23.4 Å². The molecule has 10 heteroatoms. The number of benzene rings is 1. The van der Waals surface area contributed by atoms with Gasteiger partial charge in [0.25, 0.3) is 5.91 Å². The number of aryl methyl sites for hydroxylation is 1. The molecule has 2 saturated heterocycles. The Labute approximate surface area is 227 Å². The normalized spacial score (nSPS) is 23.8. The zero-order chi connectivity index (χ0) is 27.5. The highest BCUT2D eigenvalue weighted by Gasteiger charge is 2.51. The zero-order valence-electron chi connectivity index (χ0n) is 22.6. The molecule has 2 aromatic rings. The van der Waals surface area contributed by atoms with Gasteiger partial charge in [-0.25, -0.2) is 9.18 Å². The second kappa shape index (κ2) is 9.64. The molecular formula is C29H36FN5O4. The number of halogens is 1. The molecule has 4 aliphatic rings. The van der Waals surface area contributed by atoms with Crippen LogP contribution in [-0.4, -0.2) is 74.8 Å². The summed E-state index contributed by atoms with van der Waals surface area (Å²) >= 11 is 0. The highest BCUT2D eigenvalue weighted by molar-refractivity contribution is 5.95. The fraction of sp³-hybridized carbons (Fsp3) is 0.586. The maximum atomic E-state index is 16.0. The molecule has 0 unspecified atom stereocenters. The Kier molecular flexibility index (Phi) is 6.38. The molecule has 0 bridgehead atoms. The van der Waals surface area contributed by atoms with Gasteiger partial charge in [0.2, 0.25) is 5.91 Å². The number of fused-ring (bicyclic) bond motifs is 3. The van der Waals surface area contributed by atoms with Gasteiger partial charge in [-0.1, -0.05) is 18.2 Å². The summed E-state index contributed by atoms with van der Waals surface area (Å²) in [5.74, 6) is 0.640. The monoisotopic (exact) mass is 537 g/mol. The number of hydrogen-bond donors (Lipinski definition) is 2. The van der Waals surface area contributed by atoms with Gasteiger partial charge in [-0.05, 0) is 68.1 Å². The van der Waals surface area contributed by atoms with Crippen LogP contribution in [0, 0.1) is 19.8 Å². The molecule has 1 saturated carbocycles. The van der Waals surface area contributed by atoms with Crippen LogP contribution in [0.25, 0.3) is 0 Å². The van der Waals surface area contributed by atoms with Gasteiger partial charge in [-0.15, -0.1) is 0 Å². The molecule has 2 aliphatic heterocycles. The molecule has 3 amide bonds. The van der Waals surface area contributed by atoms with Gasteiger partial charge in [0.05, 0.1) is 0 Å². The molecule has 1 aromatic carbocycles. The number of rotatable bonds is 5. The summed E-state index contributed by atoms with van der Waals surface area (Å²) in [6.07, 6.45) is 2.51. The Morgan fingerprint density at radius 1 is 1.10 bits per heavy atom. The maximum absolute atomic E-state index is 16.0. The number of hydrogen-bond acceptors (Lipinski definition) is 4. The predicted molar refractivity (Wildman–Crippen MR) is 141 cm³/mol.